The molecule has 2 aliphatic heterocycles. The number of rotatable bonds is 4. The quantitative estimate of drug-likeness (QED) is 0.711. The van der Waals surface area contributed by atoms with Crippen LogP contribution >= 0.6 is 11.6 Å². The lowest BCUT2D eigenvalue weighted by Crippen LogP contribution is -2.52. The number of nitrogens with zero attached hydrogens (tertiary/aromatic N) is 3. The normalized spacial score (nSPS) is 22.4. The molecule has 1 saturated heterocycles. The Morgan fingerprint density at radius 3 is 2.85 bits per heavy atom. The largest absolute Gasteiger partial charge is 0.350 e. The number of piperidine rings is 1. The van der Waals surface area contributed by atoms with Gasteiger partial charge in [0, 0.05) is 28.9 Å². The molecule has 2 aliphatic rings. The van der Waals surface area contributed by atoms with Crippen molar-refractivity contribution in [2.45, 2.75) is 32.7 Å². The predicted octanol–water partition coefficient (Wildman–Crippen LogP) is 3.00. The van der Waals surface area contributed by atoms with Crippen LogP contribution in [0.15, 0.2) is 46.2 Å². The first-order chi connectivity index (χ1) is 12.5. The van der Waals surface area contributed by atoms with Crippen molar-refractivity contribution < 1.29 is 0 Å². The highest BCUT2D eigenvalue weighted by molar-refractivity contribution is 6.30. The van der Waals surface area contributed by atoms with Crippen LogP contribution in [0.3, 0.4) is 0 Å². The van der Waals surface area contributed by atoms with Crippen molar-refractivity contribution in [2.24, 2.45) is 10.2 Å². The lowest BCUT2D eigenvalue weighted by Gasteiger charge is -2.33. The van der Waals surface area contributed by atoms with Crippen molar-refractivity contribution in [3.8, 4) is 0 Å². The summed E-state index contributed by atoms with van der Waals surface area (Å²) in [5, 5.41) is 24.0. The molecule has 2 heterocycles. The molecule has 0 aromatic heterocycles. The van der Waals surface area contributed by atoms with Gasteiger partial charge in [-0.3, -0.25) is 0 Å². The van der Waals surface area contributed by atoms with E-state index < -0.39 is 0 Å². The molecule has 6 nitrogen and oxygen atoms in total. The van der Waals surface area contributed by atoms with Crippen LogP contribution in [0.4, 0.5) is 0 Å². The fourth-order valence-corrected chi connectivity index (χ4v) is 3.35. The zero-order chi connectivity index (χ0) is 18.5. The summed E-state index contributed by atoms with van der Waals surface area (Å²) in [7, 11) is 0. The SMILES string of the molecule is CCN1CCCC(NC2=NN=C(c3ccc(Cl)cc3)/C(=C/C(C)=N)N2)C1. The molecule has 1 atom stereocenters. The number of nitrogens with one attached hydrogen (secondary N) is 3. The minimum Gasteiger partial charge on any atom is -0.350 e. The molecular formula is C19H25ClN6. The summed E-state index contributed by atoms with van der Waals surface area (Å²) in [5.41, 5.74) is 2.83. The van der Waals surface area contributed by atoms with Gasteiger partial charge in [0.05, 0.1) is 5.70 Å². The van der Waals surface area contributed by atoms with E-state index in [0.717, 1.165) is 37.3 Å². The highest BCUT2D eigenvalue weighted by Gasteiger charge is 2.22. The second-order valence-corrected chi connectivity index (χ2v) is 7.08. The van der Waals surface area contributed by atoms with E-state index >= 15 is 0 Å². The third kappa shape index (κ3) is 4.71. The first kappa shape index (κ1) is 18.6. The highest BCUT2D eigenvalue weighted by atomic mass is 35.5. The van der Waals surface area contributed by atoms with Crippen LogP contribution < -0.4 is 10.6 Å². The molecule has 0 aliphatic carbocycles. The Labute approximate surface area is 159 Å². The summed E-state index contributed by atoms with van der Waals surface area (Å²) >= 11 is 5.98. The fourth-order valence-electron chi connectivity index (χ4n) is 3.23. The van der Waals surface area contributed by atoms with Crippen LogP contribution in [0.25, 0.3) is 0 Å². The average molecular weight is 373 g/mol. The van der Waals surface area contributed by atoms with E-state index in [1.54, 1.807) is 13.0 Å². The van der Waals surface area contributed by atoms with Gasteiger partial charge < -0.3 is 20.9 Å². The van der Waals surface area contributed by atoms with E-state index in [9.17, 15) is 0 Å². The maximum absolute atomic E-state index is 7.83. The van der Waals surface area contributed by atoms with E-state index in [0.29, 0.717) is 28.4 Å². The summed E-state index contributed by atoms with van der Waals surface area (Å²) in [6, 6.07) is 7.82. The van der Waals surface area contributed by atoms with Gasteiger partial charge in [-0.1, -0.05) is 30.7 Å². The summed E-state index contributed by atoms with van der Waals surface area (Å²) < 4.78 is 0. The molecular weight excluding hydrogens is 348 g/mol. The summed E-state index contributed by atoms with van der Waals surface area (Å²) in [6.45, 7) is 7.16. The molecule has 1 aromatic carbocycles. The molecule has 138 valence electrons. The third-order valence-electron chi connectivity index (χ3n) is 4.53. The Kier molecular flexibility index (Phi) is 6.06. The van der Waals surface area contributed by atoms with Gasteiger partial charge in [-0.25, -0.2) is 0 Å². The molecule has 0 amide bonds. The second-order valence-electron chi connectivity index (χ2n) is 6.65. The number of guanidine groups is 1. The van der Waals surface area contributed by atoms with E-state index in [1.165, 1.54) is 6.42 Å². The lowest BCUT2D eigenvalue weighted by molar-refractivity contribution is 0.209. The zero-order valence-electron chi connectivity index (χ0n) is 15.2. The van der Waals surface area contributed by atoms with Crippen molar-refractivity contribution in [2.75, 3.05) is 19.6 Å². The number of likely N-dealkylation sites (tertiary alicyclic amines) is 1. The molecule has 0 spiro atoms. The second kappa shape index (κ2) is 8.47. The lowest BCUT2D eigenvalue weighted by atomic mass is 10.1. The zero-order valence-corrected chi connectivity index (χ0v) is 16.0. The number of halogens is 1. The van der Waals surface area contributed by atoms with Gasteiger partial charge in [-0.2, -0.15) is 0 Å². The Balaban J connectivity index is 1.80. The van der Waals surface area contributed by atoms with Gasteiger partial charge in [-0.15, -0.1) is 10.2 Å². The van der Waals surface area contributed by atoms with Crippen LogP contribution in [0.2, 0.25) is 5.02 Å². The molecule has 1 fully saturated rings. The molecule has 26 heavy (non-hydrogen) atoms. The number of benzene rings is 1. The summed E-state index contributed by atoms with van der Waals surface area (Å²) in [4.78, 5) is 2.44. The molecule has 0 saturated carbocycles. The van der Waals surface area contributed by atoms with Gasteiger partial charge in [-0.05, 0) is 51.1 Å². The Hall–Kier alpha value is -2.18. The van der Waals surface area contributed by atoms with Crippen molar-refractivity contribution in [3.05, 3.63) is 46.6 Å². The minimum absolute atomic E-state index is 0.351. The van der Waals surface area contributed by atoms with Crippen LogP contribution in [0.5, 0.6) is 0 Å². The highest BCUT2D eigenvalue weighted by Crippen LogP contribution is 2.16. The molecule has 1 unspecified atom stereocenters. The number of hydrogen-bond donors (Lipinski definition) is 3. The molecule has 7 heteroatoms. The minimum atomic E-state index is 0.351. The molecule has 3 rings (SSSR count). The Morgan fingerprint density at radius 1 is 1.38 bits per heavy atom. The number of hydrogen-bond acceptors (Lipinski definition) is 6. The van der Waals surface area contributed by atoms with Gasteiger partial charge in [0.25, 0.3) is 0 Å². The first-order valence-corrected chi connectivity index (χ1v) is 9.37. The number of likely N-dealkylation sites (N-methyl/N-ethyl adjacent to an activating group) is 1. The van der Waals surface area contributed by atoms with Crippen LogP contribution in [-0.2, 0) is 0 Å². The van der Waals surface area contributed by atoms with Gasteiger partial charge in [0.15, 0.2) is 0 Å². The molecule has 1 aromatic rings. The van der Waals surface area contributed by atoms with E-state index in [1.807, 2.05) is 24.3 Å². The van der Waals surface area contributed by atoms with E-state index in [-0.39, 0.29) is 0 Å². The maximum atomic E-state index is 7.83. The molecule has 3 N–H and O–H groups in total. The molecule has 0 bridgehead atoms. The molecule has 0 radical (unpaired) electrons. The summed E-state index contributed by atoms with van der Waals surface area (Å²) in [5.74, 6) is 0.637. The average Bonchev–Trinajstić information content (AvgIpc) is 2.63. The van der Waals surface area contributed by atoms with Crippen molar-refractivity contribution >= 4 is 29.0 Å². The Bertz CT molecular complexity index is 750. The van der Waals surface area contributed by atoms with Crippen LogP contribution in [0.1, 0.15) is 32.3 Å². The third-order valence-corrected chi connectivity index (χ3v) is 4.78. The van der Waals surface area contributed by atoms with Gasteiger partial charge in [0.1, 0.15) is 5.71 Å². The topological polar surface area (TPSA) is 75.9 Å². The van der Waals surface area contributed by atoms with Gasteiger partial charge >= 0.3 is 0 Å². The summed E-state index contributed by atoms with van der Waals surface area (Å²) in [6.07, 6.45) is 4.07. The van der Waals surface area contributed by atoms with Crippen LogP contribution in [0, 0.1) is 5.41 Å². The van der Waals surface area contributed by atoms with E-state index in [4.69, 9.17) is 17.0 Å². The standard InChI is InChI=1S/C19H25ClN6/c1-3-26-10-4-5-16(12-26)22-19-23-17(11-13(2)21)18(24-25-19)14-6-8-15(20)9-7-14/h6-9,11,16,21H,3-5,10,12H2,1-2H3,(H2,22,23,25)/b17-11-,21-13?. The maximum Gasteiger partial charge on any atom is 0.221 e. The van der Waals surface area contributed by atoms with Crippen molar-refractivity contribution in [3.63, 3.8) is 0 Å². The van der Waals surface area contributed by atoms with E-state index in [2.05, 4.69) is 32.7 Å². The predicted molar refractivity (Wildman–Crippen MR) is 108 cm³/mol. The fraction of sp³-hybridized carbons (Fsp3) is 0.421. The van der Waals surface area contributed by atoms with Crippen LogP contribution in [-0.4, -0.2) is 48.0 Å². The first-order valence-electron chi connectivity index (χ1n) is 9.00. The van der Waals surface area contributed by atoms with Crippen molar-refractivity contribution in [1.29, 1.82) is 5.41 Å². The smallest absolute Gasteiger partial charge is 0.221 e. The monoisotopic (exact) mass is 372 g/mol. The Morgan fingerprint density at radius 2 is 2.15 bits per heavy atom. The number of allylic oxidation sites excluding steroid dienone is 2. The van der Waals surface area contributed by atoms with Gasteiger partial charge in [0.2, 0.25) is 5.96 Å². The van der Waals surface area contributed by atoms with Crippen molar-refractivity contribution in [1.82, 2.24) is 15.5 Å².